The summed E-state index contributed by atoms with van der Waals surface area (Å²) in [6.45, 7) is 0.386. The van der Waals surface area contributed by atoms with Crippen LogP contribution in [0.2, 0.25) is 10.0 Å². The molecule has 3 rings (SSSR count). The second-order valence-corrected chi connectivity index (χ2v) is 7.80. The van der Waals surface area contributed by atoms with Crippen molar-refractivity contribution in [2.45, 2.75) is 19.3 Å². The van der Waals surface area contributed by atoms with Crippen LogP contribution < -0.4 is 4.90 Å². The highest BCUT2D eigenvalue weighted by atomic mass is 79.9. The predicted octanol–water partition coefficient (Wildman–Crippen LogP) is 6.02. The number of benzene rings is 2. The van der Waals surface area contributed by atoms with Crippen LogP contribution in [0, 0.1) is 17.6 Å². The number of carbonyl (C=O) groups is 1. The zero-order valence-electron chi connectivity index (χ0n) is 13.0. The van der Waals surface area contributed by atoms with Gasteiger partial charge in [0.05, 0.1) is 15.7 Å². The van der Waals surface area contributed by atoms with E-state index in [0.29, 0.717) is 47.1 Å². The molecular weight excluding hydrogens is 435 g/mol. The normalized spacial score (nSPS) is 17.9. The molecule has 0 saturated carbocycles. The summed E-state index contributed by atoms with van der Waals surface area (Å²) in [4.78, 5) is 13.9. The van der Waals surface area contributed by atoms with E-state index >= 15 is 0 Å². The van der Waals surface area contributed by atoms with E-state index in [-0.39, 0.29) is 11.8 Å². The summed E-state index contributed by atoms with van der Waals surface area (Å²) in [5.74, 6) is -1.20. The molecule has 1 amide bonds. The van der Waals surface area contributed by atoms with Gasteiger partial charge in [-0.2, -0.15) is 0 Å². The van der Waals surface area contributed by atoms with E-state index in [1.807, 2.05) is 0 Å². The average Bonchev–Trinajstić information content (AvgIpc) is 2.52. The molecule has 1 unspecified atom stereocenters. The lowest BCUT2D eigenvalue weighted by Crippen LogP contribution is -2.41. The van der Waals surface area contributed by atoms with Crippen LogP contribution in [0.15, 0.2) is 34.8 Å². The fourth-order valence-corrected chi connectivity index (χ4v) is 4.50. The maximum atomic E-state index is 13.9. The number of piperidine rings is 1. The zero-order chi connectivity index (χ0) is 18.1. The van der Waals surface area contributed by atoms with Gasteiger partial charge in [-0.1, -0.05) is 45.2 Å². The van der Waals surface area contributed by atoms with Crippen molar-refractivity contribution in [3.8, 4) is 0 Å². The third-order valence-corrected chi connectivity index (χ3v) is 5.32. The first kappa shape index (κ1) is 18.6. The van der Waals surface area contributed by atoms with E-state index in [0.717, 1.165) is 10.5 Å². The smallest absolute Gasteiger partial charge is 0.227 e. The van der Waals surface area contributed by atoms with Gasteiger partial charge in [-0.3, -0.25) is 4.79 Å². The zero-order valence-corrected chi connectivity index (χ0v) is 16.1. The molecule has 1 aliphatic rings. The van der Waals surface area contributed by atoms with Crippen LogP contribution in [0.4, 0.5) is 14.5 Å². The summed E-state index contributed by atoms with van der Waals surface area (Å²) in [7, 11) is 0. The molecule has 2 aromatic carbocycles. The van der Waals surface area contributed by atoms with Gasteiger partial charge in [0.15, 0.2) is 0 Å². The van der Waals surface area contributed by atoms with Crippen LogP contribution in [0.5, 0.6) is 0 Å². The van der Waals surface area contributed by atoms with E-state index in [2.05, 4.69) is 15.9 Å². The molecule has 2 nitrogen and oxygen atoms in total. The number of anilines is 1. The molecule has 1 heterocycles. The summed E-state index contributed by atoms with van der Waals surface area (Å²) < 4.78 is 27.7. The minimum Gasteiger partial charge on any atom is -0.309 e. The van der Waals surface area contributed by atoms with Crippen molar-refractivity contribution in [2.24, 2.45) is 5.92 Å². The van der Waals surface area contributed by atoms with Crippen molar-refractivity contribution >= 4 is 50.7 Å². The van der Waals surface area contributed by atoms with Gasteiger partial charge in [0.2, 0.25) is 5.91 Å². The van der Waals surface area contributed by atoms with Crippen molar-refractivity contribution in [1.82, 2.24) is 0 Å². The Hall–Kier alpha value is -1.17. The van der Waals surface area contributed by atoms with Gasteiger partial charge < -0.3 is 4.90 Å². The quantitative estimate of drug-likeness (QED) is 0.562. The lowest BCUT2D eigenvalue weighted by Gasteiger charge is -2.34. The first-order chi connectivity index (χ1) is 11.8. The van der Waals surface area contributed by atoms with E-state index in [1.54, 1.807) is 17.0 Å². The van der Waals surface area contributed by atoms with Crippen molar-refractivity contribution in [3.05, 3.63) is 62.0 Å². The van der Waals surface area contributed by atoms with E-state index in [4.69, 9.17) is 23.2 Å². The molecule has 1 fully saturated rings. The number of amides is 1. The number of nitrogens with zero attached hydrogens (tertiary/aromatic N) is 1. The third-order valence-electron chi connectivity index (χ3n) is 4.28. The largest absolute Gasteiger partial charge is 0.309 e. The van der Waals surface area contributed by atoms with Crippen LogP contribution in [-0.4, -0.2) is 12.5 Å². The lowest BCUT2D eigenvalue weighted by molar-refractivity contribution is -0.120. The monoisotopic (exact) mass is 447 g/mol. The molecule has 0 aromatic heterocycles. The Kier molecular flexibility index (Phi) is 5.66. The summed E-state index contributed by atoms with van der Waals surface area (Å²) in [6.07, 6.45) is 1.38. The minimum atomic E-state index is -0.602. The number of hydrogen-bond donors (Lipinski definition) is 0. The first-order valence-electron chi connectivity index (χ1n) is 7.74. The molecule has 1 atom stereocenters. The molecule has 7 heteroatoms. The van der Waals surface area contributed by atoms with E-state index in [1.165, 1.54) is 12.1 Å². The Balaban J connectivity index is 1.84. The van der Waals surface area contributed by atoms with Gasteiger partial charge >= 0.3 is 0 Å². The Morgan fingerprint density at radius 1 is 1.16 bits per heavy atom. The molecule has 0 bridgehead atoms. The molecule has 0 radical (unpaired) electrons. The molecule has 2 aromatic rings. The van der Waals surface area contributed by atoms with Crippen molar-refractivity contribution < 1.29 is 13.6 Å². The Labute approximate surface area is 162 Å². The molecule has 1 aliphatic heterocycles. The van der Waals surface area contributed by atoms with Crippen LogP contribution in [0.25, 0.3) is 0 Å². The van der Waals surface area contributed by atoms with Crippen molar-refractivity contribution in [1.29, 1.82) is 0 Å². The van der Waals surface area contributed by atoms with Crippen molar-refractivity contribution in [2.75, 3.05) is 11.4 Å². The van der Waals surface area contributed by atoms with Gasteiger partial charge in [0.1, 0.15) is 11.6 Å². The molecular formula is C18H14BrCl2F2NO. The maximum absolute atomic E-state index is 13.9. The maximum Gasteiger partial charge on any atom is 0.227 e. The molecule has 132 valence electrons. The number of hydrogen-bond acceptors (Lipinski definition) is 1. The molecule has 0 N–H and O–H groups in total. The van der Waals surface area contributed by atoms with Crippen LogP contribution in [-0.2, 0) is 11.2 Å². The summed E-state index contributed by atoms with van der Waals surface area (Å²) in [5, 5.41) is 0.752. The van der Waals surface area contributed by atoms with Gasteiger partial charge in [-0.05, 0) is 42.5 Å². The summed E-state index contributed by atoms with van der Waals surface area (Å²) in [5.41, 5.74) is 0.912. The predicted molar refractivity (Wildman–Crippen MR) is 99.3 cm³/mol. The number of rotatable bonds is 3. The summed E-state index contributed by atoms with van der Waals surface area (Å²) >= 11 is 15.9. The highest BCUT2D eigenvalue weighted by Gasteiger charge is 2.30. The van der Waals surface area contributed by atoms with E-state index < -0.39 is 11.6 Å². The van der Waals surface area contributed by atoms with Crippen LogP contribution in [0.1, 0.15) is 18.4 Å². The molecule has 0 spiro atoms. The average molecular weight is 449 g/mol. The standard InChI is InChI=1S/C18H14BrCl2F2NO/c19-12-6-14(20)18(15(21)7-12)24-9-10(1-4-17(24)25)5-11-2-3-13(22)8-16(11)23/h2-3,6-8,10H,1,4-5,9H2. The van der Waals surface area contributed by atoms with Gasteiger partial charge in [-0.25, -0.2) is 8.78 Å². The number of halogens is 5. The van der Waals surface area contributed by atoms with Gasteiger partial charge in [0, 0.05) is 23.5 Å². The second kappa shape index (κ2) is 7.60. The Bertz CT molecular complexity index is 808. The third kappa shape index (κ3) is 4.15. The fraction of sp³-hybridized carbons (Fsp3) is 0.278. The Morgan fingerprint density at radius 3 is 2.48 bits per heavy atom. The lowest BCUT2D eigenvalue weighted by atomic mass is 9.90. The molecule has 0 aliphatic carbocycles. The van der Waals surface area contributed by atoms with Crippen molar-refractivity contribution in [3.63, 3.8) is 0 Å². The molecule has 25 heavy (non-hydrogen) atoms. The first-order valence-corrected chi connectivity index (χ1v) is 9.29. The SMILES string of the molecule is O=C1CCC(Cc2ccc(F)cc2F)CN1c1c(Cl)cc(Br)cc1Cl. The second-order valence-electron chi connectivity index (χ2n) is 6.07. The summed E-state index contributed by atoms with van der Waals surface area (Å²) in [6, 6.07) is 6.93. The van der Waals surface area contributed by atoms with Crippen LogP contribution >= 0.6 is 39.1 Å². The number of carbonyl (C=O) groups excluding carboxylic acids is 1. The fourth-order valence-electron chi connectivity index (χ4n) is 3.09. The highest BCUT2D eigenvalue weighted by molar-refractivity contribution is 9.10. The minimum absolute atomic E-state index is 0.0356. The van der Waals surface area contributed by atoms with Crippen LogP contribution in [0.3, 0.4) is 0 Å². The van der Waals surface area contributed by atoms with E-state index in [9.17, 15) is 13.6 Å². The topological polar surface area (TPSA) is 20.3 Å². The van der Waals surface area contributed by atoms with Gasteiger partial charge in [-0.15, -0.1) is 0 Å². The molecule has 1 saturated heterocycles. The Morgan fingerprint density at radius 2 is 1.84 bits per heavy atom. The highest BCUT2D eigenvalue weighted by Crippen LogP contribution is 2.39. The van der Waals surface area contributed by atoms with Gasteiger partial charge in [0.25, 0.3) is 0 Å².